The van der Waals surface area contributed by atoms with Crippen LogP contribution in [0.25, 0.3) is 0 Å². The summed E-state index contributed by atoms with van der Waals surface area (Å²) in [7, 11) is 1.65. The van der Waals surface area contributed by atoms with E-state index in [0.29, 0.717) is 16.6 Å². The van der Waals surface area contributed by atoms with Crippen LogP contribution in [0.4, 0.5) is 0 Å². The highest BCUT2D eigenvalue weighted by atomic mass is 32.2. The minimum Gasteiger partial charge on any atom is -0.508 e. The van der Waals surface area contributed by atoms with Gasteiger partial charge in [-0.3, -0.25) is 0 Å². The topological polar surface area (TPSA) is 29.5 Å². The number of hydrogen-bond donors (Lipinski definition) is 1. The summed E-state index contributed by atoms with van der Waals surface area (Å²) in [6.45, 7) is 10.0. The van der Waals surface area contributed by atoms with Crippen LogP contribution in [0.2, 0.25) is 0 Å². The van der Waals surface area contributed by atoms with Gasteiger partial charge in [-0.15, -0.1) is 11.8 Å². The zero-order valence-electron chi connectivity index (χ0n) is 16.5. The molecule has 1 aromatic carbocycles. The molecule has 0 heterocycles. The van der Waals surface area contributed by atoms with Crippen LogP contribution in [0.3, 0.4) is 0 Å². The third kappa shape index (κ3) is 3.67. The number of fused-ring (bicyclic) bond motifs is 1. The first-order valence-corrected chi connectivity index (χ1v) is 10.8. The molecule has 1 aromatic rings. The van der Waals surface area contributed by atoms with Crippen molar-refractivity contribution < 1.29 is 9.84 Å². The van der Waals surface area contributed by atoms with Crippen molar-refractivity contribution in [3.8, 4) is 11.5 Å². The lowest BCUT2D eigenvalue weighted by atomic mass is 9.47. The molecule has 2 fully saturated rings. The van der Waals surface area contributed by atoms with Gasteiger partial charge in [-0.2, -0.15) is 0 Å². The zero-order valence-corrected chi connectivity index (χ0v) is 17.3. The van der Waals surface area contributed by atoms with Crippen LogP contribution in [0.1, 0.15) is 59.8 Å². The Bertz CT molecular complexity index is 612. The molecule has 0 amide bonds. The fraction of sp³-hybridized carbons (Fsp3) is 0.727. The van der Waals surface area contributed by atoms with Gasteiger partial charge in [0, 0.05) is 16.7 Å². The Labute approximate surface area is 157 Å². The highest BCUT2D eigenvalue weighted by Crippen LogP contribution is 2.61. The maximum Gasteiger partial charge on any atom is 0.123 e. The molecule has 2 nitrogen and oxygen atoms in total. The number of rotatable bonds is 4. The number of thioether (sulfide) groups is 1. The van der Waals surface area contributed by atoms with Gasteiger partial charge in [0.25, 0.3) is 0 Å². The number of ether oxygens (including phenoxy) is 1. The molecule has 2 aliphatic rings. The highest BCUT2D eigenvalue weighted by Gasteiger charge is 2.53. The molecule has 3 heteroatoms. The van der Waals surface area contributed by atoms with Crippen LogP contribution in [0, 0.1) is 28.6 Å². The minimum atomic E-state index is 0.293. The zero-order chi connectivity index (χ0) is 18.2. The molecule has 0 aliphatic heterocycles. The van der Waals surface area contributed by atoms with Crippen molar-refractivity contribution in [1.82, 2.24) is 0 Å². The average molecular weight is 363 g/mol. The predicted molar refractivity (Wildman–Crippen MR) is 106 cm³/mol. The van der Waals surface area contributed by atoms with Crippen molar-refractivity contribution in [2.24, 2.45) is 28.6 Å². The Morgan fingerprint density at radius 1 is 1.16 bits per heavy atom. The summed E-state index contributed by atoms with van der Waals surface area (Å²) in [5, 5.41) is 9.93. The molecular formula is C22H34O2S. The van der Waals surface area contributed by atoms with Gasteiger partial charge in [-0.25, -0.2) is 0 Å². The molecule has 4 unspecified atom stereocenters. The SMILES string of the molecule is COc1cc(O)cc(SCC2C(C)CCC3C(C)(C)CCCC23C)c1. The first-order valence-electron chi connectivity index (χ1n) is 9.77. The van der Waals surface area contributed by atoms with Gasteiger partial charge in [0.15, 0.2) is 0 Å². The summed E-state index contributed by atoms with van der Waals surface area (Å²) in [6.07, 6.45) is 6.88. The standard InChI is InChI=1S/C22H34O2S/c1-15-7-8-20-21(2,3)9-6-10-22(20,4)19(15)14-25-18-12-16(23)11-17(13-18)24-5/h11-13,15,19-20,23H,6-10,14H2,1-5H3. The van der Waals surface area contributed by atoms with E-state index in [9.17, 15) is 5.11 Å². The number of methoxy groups -OCH3 is 1. The summed E-state index contributed by atoms with van der Waals surface area (Å²) < 4.78 is 5.31. The Morgan fingerprint density at radius 2 is 1.92 bits per heavy atom. The minimum absolute atomic E-state index is 0.293. The van der Waals surface area contributed by atoms with Crippen LogP contribution < -0.4 is 4.74 Å². The Balaban J connectivity index is 1.79. The highest BCUT2D eigenvalue weighted by molar-refractivity contribution is 7.99. The molecule has 0 spiro atoms. The van der Waals surface area contributed by atoms with Crippen molar-refractivity contribution in [3.05, 3.63) is 18.2 Å². The van der Waals surface area contributed by atoms with Crippen molar-refractivity contribution in [3.63, 3.8) is 0 Å². The van der Waals surface area contributed by atoms with Gasteiger partial charge in [-0.05, 0) is 60.0 Å². The molecule has 0 radical (unpaired) electrons. The summed E-state index contributed by atoms with van der Waals surface area (Å²) in [5.74, 6) is 4.53. The Morgan fingerprint density at radius 3 is 2.64 bits per heavy atom. The summed E-state index contributed by atoms with van der Waals surface area (Å²) in [6, 6.07) is 5.59. The van der Waals surface area contributed by atoms with E-state index in [1.807, 2.05) is 23.9 Å². The Kier molecular flexibility index (Phi) is 5.35. The molecule has 3 rings (SSSR count). The van der Waals surface area contributed by atoms with Crippen LogP contribution >= 0.6 is 11.8 Å². The molecule has 2 aliphatic carbocycles. The summed E-state index contributed by atoms with van der Waals surface area (Å²) >= 11 is 1.89. The van der Waals surface area contributed by atoms with E-state index >= 15 is 0 Å². The third-order valence-corrected chi connectivity index (χ3v) is 8.35. The van der Waals surface area contributed by atoms with E-state index in [1.54, 1.807) is 13.2 Å². The van der Waals surface area contributed by atoms with Gasteiger partial charge in [-0.1, -0.05) is 40.5 Å². The monoisotopic (exact) mass is 362 g/mol. The first kappa shape index (κ1) is 18.9. The Hall–Kier alpha value is -0.830. The third-order valence-electron chi connectivity index (χ3n) is 7.25. The number of phenolic OH excluding ortho intramolecular Hbond substituents is 1. The van der Waals surface area contributed by atoms with Crippen molar-refractivity contribution >= 4 is 11.8 Å². The average Bonchev–Trinajstić information content (AvgIpc) is 2.52. The fourth-order valence-electron chi connectivity index (χ4n) is 5.91. The lowest BCUT2D eigenvalue weighted by Crippen LogP contribution is -2.51. The summed E-state index contributed by atoms with van der Waals surface area (Å²) in [5.41, 5.74) is 0.928. The van der Waals surface area contributed by atoms with Crippen molar-refractivity contribution in [2.75, 3.05) is 12.9 Å². The lowest BCUT2D eigenvalue weighted by molar-refractivity contribution is -0.0850. The van der Waals surface area contributed by atoms with Crippen LogP contribution in [-0.4, -0.2) is 18.0 Å². The molecule has 0 aromatic heterocycles. The van der Waals surface area contributed by atoms with Crippen molar-refractivity contribution in [1.29, 1.82) is 0 Å². The molecule has 1 N–H and O–H groups in total. The van der Waals surface area contributed by atoms with Crippen LogP contribution in [-0.2, 0) is 0 Å². The molecule has 0 bridgehead atoms. The quantitative estimate of drug-likeness (QED) is 0.631. The van der Waals surface area contributed by atoms with E-state index in [1.165, 1.54) is 32.1 Å². The first-order chi connectivity index (χ1) is 11.8. The number of hydrogen-bond acceptors (Lipinski definition) is 3. The summed E-state index contributed by atoms with van der Waals surface area (Å²) in [4.78, 5) is 1.12. The second-order valence-electron chi connectivity index (χ2n) is 9.24. The van der Waals surface area contributed by atoms with E-state index < -0.39 is 0 Å². The number of benzene rings is 1. The molecular weight excluding hydrogens is 328 g/mol. The molecule has 0 saturated heterocycles. The van der Waals surface area contributed by atoms with E-state index in [4.69, 9.17) is 4.74 Å². The second kappa shape index (κ2) is 7.06. The number of aromatic hydroxyl groups is 1. The maximum atomic E-state index is 9.93. The second-order valence-corrected chi connectivity index (χ2v) is 10.3. The van der Waals surface area contributed by atoms with Gasteiger partial charge >= 0.3 is 0 Å². The number of phenols is 1. The molecule has 140 valence electrons. The molecule has 25 heavy (non-hydrogen) atoms. The molecule has 4 atom stereocenters. The molecule has 2 saturated carbocycles. The lowest BCUT2D eigenvalue weighted by Gasteiger charge is -2.59. The van der Waals surface area contributed by atoms with Gasteiger partial charge in [0.2, 0.25) is 0 Å². The van der Waals surface area contributed by atoms with Crippen LogP contribution in [0.15, 0.2) is 23.1 Å². The predicted octanol–water partition coefficient (Wildman–Crippen LogP) is 6.37. The smallest absolute Gasteiger partial charge is 0.123 e. The maximum absolute atomic E-state index is 9.93. The van der Waals surface area contributed by atoms with Crippen molar-refractivity contribution in [2.45, 2.75) is 64.7 Å². The van der Waals surface area contributed by atoms with E-state index in [0.717, 1.165) is 34.2 Å². The van der Waals surface area contributed by atoms with Gasteiger partial charge in [0.05, 0.1) is 7.11 Å². The van der Waals surface area contributed by atoms with Gasteiger partial charge in [0.1, 0.15) is 11.5 Å². The fourth-order valence-corrected chi connectivity index (χ4v) is 7.39. The van der Waals surface area contributed by atoms with Crippen LogP contribution in [0.5, 0.6) is 11.5 Å². The largest absolute Gasteiger partial charge is 0.508 e. The normalized spacial score (nSPS) is 34.4. The van der Waals surface area contributed by atoms with Gasteiger partial charge < -0.3 is 9.84 Å². The van der Waals surface area contributed by atoms with E-state index in [2.05, 4.69) is 27.7 Å². The van der Waals surface area contributed by atoms with E-state index in [-0.39, 0.29) is 0 Å².